The Hall–Kier alpha value is -3.35. The Morgan fingerprint density at radius 2 is 1.66 bits per heavy atom. The monoisotopic (exact) mass is 391 g/mol. The summed E-state index contributed by atoms with van der Waals surface area (Å²) in [5, 5.41) is 5.67. The van der Waals surface area contributed by atoms with Crippen LogP contribution in [0.3, 0.4) is 0 Å². The maximum atomic E-state index is 12.6. The van der Waals surface area contributed by atoms with Crippen molar-refractivity contribution >= 4 is 29.1 Å². The van der Waals surface area contributed by atoms with Gasteiger partial charge in [0.25, 0.3) is 0 Å². The minimum Gasteiger partial charge on any atom is -0.368 e. The summed E-state index contributed by atoms with van der Waals surface area (Å²) in [6.45, 7) is 5.22. The number of para-hydroxylation sites is 1. The number of rotatable bonds is 3. The van der Waals surface area contributed by atoms with Crippen molar-refractivity contribution in [3.05, 3.63) is 60.2 Å². The molecular weight excluding hydrogens is 366 g/mol. The Morgan fingerprint density at radius 1 is 1.00 bits per heavy atom. The van der Waals surface area contributed by atoms with E-state index in [0.29, 0.717) is 11.6 Å². The Bertz CT molecular complexity index is 903. The molecule has 0 saturated carbocycles. The molecule has 0 aromatic heterocycles. The summed E-state index contributed by atoms with van der Waals surface area (Å²) in [6, 6.07) is 17.0. The number of hydrogen-bond acceptors (Lipinski definition) is 5. The standard InChI is InChI=1S/C22H25N5O2/c1-16-7-9-18(10-8-16)26-11-13-27(14-12-26)22-24-19(15-20(28)25-22)21(29)23-17-5-3-2-4-6-17/h2-10,19H,11-15H2,1H3,(H,23,29)(H,24,25,28). The summed E-state index contributed by atoms with van der Waals surface area (Å²) in [7, 11) is 0. The molecule has 0 aliphatic carbocycles. The van der Waals surface area contributed by atoms with Crippen LogP contribution in [0.15, 0.2) is 59.6 Å². The molecule has 2 N–H and O–H groups in total. The molecule has 0 spiro atoms. The van der Waals surface area contributed by atoms with Crippen molar-refractivity contribution in [3.8, 4) is 0 Å². The second-order valence-corrected chi connectivity index (χ2v) is 7.39. The fraction of sp³-hybridized carbons (Fsp3) is 0.318. The van der Waals surface area contributed by atoms with Crippen molar-refractivity contribution in [1.29, 1.82) is 0 Å². The van der Waals surface area contributed by atoms with Crippen LogP contribution in [-0.4, -0.2) is 54.9 Å². The van der Waals surface area contributed by atoms with Gasteiger partial charge in [0.1, 0.15) is 6.04 Å². The van der Waals surface area contributed by atoms with Gasteiger partial charge in [-0.05, 0) is 31.2 Å². The number of guanidine groups is 1. The van der Waals surface area contributed by atoms with Crippen LogP contribution in [0.1, 0.15) is 12.0 Å². The molecule has 7 heteroatoms. The number of carbonyl (C=O) groups is 2. The third-order valence-corrected chi connectivity index (χ3v) is 5.23. The fourth-order valence-electron chi connectivity index (χ4n) is 3.57. The molecular formula is C22H25N5O2. The number of aliphatic imine (C=N–C) groups is 1. The van der Waals surface area contributed by atoms with Gasteiger partial charge in [0.15, 0.2) is 0 Å². The number of amides is 2. The van der Waals surface area contributed by atoms with E-state index in [9.17, 15) is 9.59 Å². The lowest BCUT2D eigenvalue weighted by atomic mass is 10.1. The topological polar surface area (TPSA) is 77.0 Å². The highest BCUT2D eigenvalue weighted by Crippen LogP contribution is 2.18. The fourth-order valence-corrected chi connectivity index (χ4v) is 3.57. The molecule has 150 valence electrons. The Kier molecular flexibility index (Phi) is 5.46. The molecule has 1 saturated heterocycles. The van der Waals surface area contributed by atoms with Gasteiger partial charge in [-0.1, -0.05) is 35.9 Å². The zero-order valence-electron chi connectivity index (χ0n) is 16.5. The normalized spacial score (nSPS) is 19.4. The van der Waals surface area contributed by atoms with Crippen LogP contribution < -0.4 is 15.5 Å². The zero-order valence-corrected chi connectivity index (χ0v) is 16.5. The van der Waals surface area contributed by atoms with Crippen molar-refractivity contribution in [2.75, 3.05) is 36.4 Å². The molecule has 2 aromatic rings. The van der Waals surface area contributed by atoms with E-state index in [1.54, 1.807) is 0 Å². The molecule has 29 heavy (non-hydrogen) atoms. The molecule has 1 fully saturated rings. The average Bonchev–Trinajstić information content (AvgIpc) is 2.75. The van der Waals surface area contributed by atoms with E-state index in [1.807, 2.05) is 35.2 Å². The number of anilines is 2. The molecule has 2 aliphatic rings. The van der Waals surface area contributed by atoms with Gasteiger partial charge in [-0.2, -0.15) is 0 Å². The second-order valence-electron chi connectivity index (χ2n) is 7.39. The molecule has 7 nitrogen and oxygen atoms in total. The molecule has 1 atom stereocenters. The van der Waals surface area contributed by atoms with Crippen LogP contribution in [0.2, 0.25) is 0 Å². The van der Waals surface area contributed by atoms with Crippen molar-refractivity contribution in [3.63, 3.8) is 0 Å². The van der Waals surface area contributed by atoms with Crippen LogP contribution in [0.25, 0.3) is 0 Å². The third-order valence-electron chi connectivity index (χ3n) is 5.23. The summed E-state index contributed by atoms with van der Waals surface area (Å²) in [5.41, 5.74) is 3.14. The summed E-state index contributed by atoms with van der Waals surface area (Å²) >= 11 is 0. The minimum absolute atomic E-state index is 0.0610. The molecule has 1 unspecified atom stereocenters. The lowest BCUT2D eigenvalue weighted by Crippen LogP contribution is -2.56. The molecule has 2 aliphatic heterocycles. The molecule has 4 rings (SSSR count). The van der Waals surface area contributed by atoms with Crippen LogP contribution in [-0.2, 0) is 9.59 Å². The van der Waals surface area contributed by atoms with Crippen molar-refractivity contribution < 1.29 is 9.59 Å². The van der Waals surface area contributed by atoms with Crippen molar-refractivity contribution in [2.24, 2.45) is 4.99 Å². The third kappa shape index (κ3) is 4.56. The van der Waals surface area contributed by atoms with Gasteiger partial charge < -0.3 is 15.1 Å². The highest BCUT2D eigenvalue weighted by molar-refractivity contribution is 6.06. The Morgan fingerprint density at radius 3 is 2.34 bits per heavy atom. The molecule has 0 bridgehead atoms. The number of hydrogen-bond donors (Lipinski definition) is 2. The van der Waals surface area contributed by atoms with Gasteiger partial charge in [-0.15, -0.1) is 0 Å². The van der Waals surface area contributed by atoms with E-state index in [-0.39, 0.29) is 18.2 Å². The molecule has 2 aromatic carbocycles. The molecule has 2 heterocycles. The quantitative estimate of drug-likeness (QED) is 0.839. The van der Waals surface area contributed by atoms with E-state index in [0.717, 1.165) is 26.2 Å². The van der Waals surface area contributed by atoms with Gasteiger partial charge >= 0.3 is 0 Å². The van der Waals surface area contributed by atoms with Gasteiger partial charge in [-0.3, -0.25) is 14.9 Å². The van der Waals surface area contributed by atoms with Crippen molar-refractivity contribution in [1.82, 2.24) is 10.2 Å². The van der Waals surface area contributed by atoms with Crippen molar-refractivity contribution in [2.45, 2.75) is 19.4 Å². The summed E-state index contributed by atoms with van der Waals surface area (Å²) < 4.78 is 0. The van der Waals surface area contributed by atoms with E-state index in [2.05, 4.69) is 51.7 Å². The lowest BCUT2D eigenvalue weighted by molar-refractivity contribution is -0.125. The van der Waals surface area contributed by atoms with Gasteiger partial charge in [-0.25, -0.2) is 4.99 Å². The molecule has 0 radical (unpaired) electrons. The van der Waals surface area contributed by atoms with Gasteiger partial charge in [0.2, 0.25) is 17.8 Å². The summed E-state index contributed by atoms with van der Waals surface area (Å²) in [5.74, 6) is 0.0593. The van der Waals surface area contributed by atoms with Crippen LogP contribution in [0, 0.1) is 6.92 Å². The highest BCUT2D eigenvalue weighted by Gasteiger charge is 2.30. The smallest absolute Gasteiger partial charge is 0.249 e. The first-order chi connectivity index (χ1) is 14.1. The Balaban J connectivity index is 1.40. The first kappa shape index (κ1) is 19.0. The predicted octanol–water partition coefficient (Wildman–Crippen LogP) is 2.00. The zero-order chi connectivity index (χ0) is 20.2. The van der Waals surface area contributed by atoms with Crippen LogP contribution in [0.5, 0.6) is 0 Å². The van der Waals surface area contributed by atoms with E-state index < -0.39 is 6.04 Å². The maximum absolute atomic E-state index is 12.6. The maximum Gasteiger partial charge on any atom is 0.249 e. The largest absolute Gasteiger partial charge is 0.368 e. The number of nitrogens with zero attached hydrogens (tertiary/aromatic N) is 3. The SMILES string of the molecule is Cc1ccc(N2CCN(C3=NC(C(=O)Nc4ccccc4)CC(=O)N3)CC2)cc1. The number of piperazine rings is 1. The first-order valence-electron chi connectivity index (χ1n) is 9.88. The number of nitrogens with one attached hydrogen (secondary N) is 2. The first-order valence-corrected chi connectivity index (χ1v) is 9.88. The predicted molar refractivity (Wildman–Crippen MR) is 114 cm³/mol. The average molecular weight is 391 g/mol. The van der Waals surface area contributed by atoms with Crippen LogP contribution >= 0.6 is 0 Å². The number of benzene rings is 2. The Labute approximate surface area is 170 Å². The summed E-state index contributed by atoms with van der Waals surface area (Å²) in [6.07, 6.45) is 0.0610. The minimum atomic E-state index is -0.714. The van der Waals surface area contributed by atoms with E-state index >= 15 is 0 Å². The van der Waals surface area contributed by atoms with Gasteiger partial charge in [0, 0.05) is 37.6 Å². The number of aryl methyl sites for hydroxylation is 1. The van der Waals surface area contributed by atoms with Crippen LogP contribution in [0.4, 0.5) is 11.4 Å². The lowest BCUT2D eigenvalue weighted by Gasteiger charge is -2.38. The van der Waals surface area contributed by atoms with E-state index in [1.165, 1.54) is 11.3 Å². The second kappa shape index (κ2) is 8.34. The summed E-state index contributed by atoms with van der Waals surface area (Å²) in [4.78, 5) is 33.7. The number of carbonyl (C=O) groups excluding carboxylic acids is 2. The highest BCUT2D eigenvalue weighted by atomic mass is 16.2. The molecule has 2 amide bonds. The van der Waals surface area contributed by atoms with E-state index in [4.69, 9.17) is 0 Å². The van der Waals surface area contributed by atoms with Gasteiger partial charge in [0.05, 0.1) is 6.42 Å².